The molecular weight excluding hydrogens is 693 g/mol. The first-order chi connectivity index (χ1) is 26.8. The molecule has 0 aliphatic heterocycles. The van der Waals surface area contributed by atoms with E-state index in [1.807, 2.05) is 0 Å². The van der Waals surface area contributed by atoms with Gasteiger partial charge in [-0.1, -0.05) is 228 Å². The summed E-state index contributed by atoms with van der Waals surface area (Å²) in [7, 11) is 3.54. The Hall–Kier alpha value is -5.94. The van der Waals surface area contributed by atoms with Crippen LogP contribution in [-0.4, -0.2) is 0 Å². The van der Waals surface area contributed by atoms with Crippen LogP contribution in [0, 0.1) is 0 Å². The summed E-state index contributed by atoms with van der Waals surface area (Å²) in [4.78, 5) is 2.29. The van der Waals surface area contributed by atoms with E-state index < -0.39 is 11.1 Å². The quantitative estimate of drug-likeness (QED) is 0.0910. The van der Waals surface area contributed by atoms with Gasteiger partial charge in [0, 0.05) is 21.2 Å². The molecule has 0 aromatic heterocycles. The number of hydrogen-bond donors (Lipinski definition) is 2. The molecular formula is C50H40N2S2. The van der Waals surface area contributed by atoms with Gasteiger partial charge in [0.2, 0.25) is 0 Å². The van der Waals surface area contributed by atoms with Gasteiger partial charge in [-0.15, -0.1) is 0 Å². The zero-order valence-electron chi connectivity index (χ0n) is 29.8. The minimum Gasteiger partial charge on any atom is -0.367 e. The van der Waals surface area contributed by atoms with E-state index in [2.05, 4.69) is 241 Å². The van der Waals surface area contributed by atoms with Gasteiger partial charge in [0.1, 0.15) is 11.1 Å². The predicted molar refractivity (Wildman–Crippen MR) is 230 cm³/mol. The smallest absolute Gasteiger partial charge is 0.114 e. The van der Waals surface area contributed by atoms with Crippen molar-refractivity contribution < 1.29 is 0 Å². The lowest BCUT2D eigenvalue weighted by Crippen LogP contribution is -2.38. The van der Waals surface area contributed by atoms with Crippen molar-refractivity contribution in [2.45, 2.75) is 20.9 Å². The Morgan fingerprint density at radius 3 is 0.685 bits per heavy atom. The maximum absolute atomic E-state index is 4.11. The molecule has 0 aliphatic rings. The minimum atomic E-state index is -0.634. The Morgan fingerprint density at radius 1 is 0.241 bits per heavy atom. The lowest BCUT2D eigenvalue weighted by atomic mass is 9.77. The third-order valence-electron chi connectivity index (χ3n) is 9.88. The van der Waals surface area contributed by atoms with Crippen molar-refractivity contribution in [1.82, 2.24) is 0 Å². The summed E-state index contributed by atoms with van der Waals surface area (Å²) >= 11 is 0. The zero-order valence-corrected chi connectivity index (χ0v) is 31.4. The first-order valence-electron chi connectivity index (χ1n) is 18.2. The topological polar surface area (TPSA) is 24.1 Å². The molecule has 262 valence electrons. The van der Waals surface area contributed by atoms with Crippen LogP contribution in [0.25, 0.3) is 0 Å². The molecule has 0 heterocycles. The van der Waals surface area contributed by atoms with Crippen molar-refractivity contribution in [1.29, 1.82) is 0 Å². The molecule has 8 aromatic rings. The molecule has 0 amide bonds. The number of nitrogens with one attached hydrogen (secondary N) is 2. The molecule has 0 bridgehead atoms. The third kappa shape index (κ3) is 7.06. The summed E-state index contributed by atoms with van der Waals surface area (Å²) in [5.41, 5.74) is 7.87. The maximum atomic E-state index is 4.11. The van der Waals surface area contributed by atoms with Crippen molar-refractivity contribution in [2.75, 3.05) is 10.6 Å². The van der Waals surface area contributed by atoms with Crippen molar-refractivity contribution in [3.8, 4) is 0 Å². The third-order valence-corrected chi connectivity index (χ3v) is 12.4. The van der Waals surface area contributed by atoms with Crippen LogP contribution in [0.1, 0.15) is 33.4 Å². The van der Waals surface area contributed by atoms with Gasteiger partial charge in [-0.2, -0.15) is 0 Å². The van der Waals surface area contributed by atoms with E-state index in [1.165, 1.54) is 33.4 Å². The molecule has 8 rings (SSSR count). The Balaban J connectivity index is 1.18. The first kappa shape index (κ1) is 35.1. The molecule has 0 saturated heterocycles. The number of rotatable bonds is 13. The van der Waals surface area contributed by atoms with Gasteiger partial charge >= 0.3 is 0 Å². The SMILES string of the molecule is c1ccc(C(Nc2ccccc2SSc2ccccc2NC(c2ccccc2)(c2ccccc2)c2ccccc2)(c2ccccc2)c2ccccc2)cc1. The normalized spacial score (nSPS) is 11.5. The van der Waals surface area contributed by atoms with Gasteiger partial charge < -0.3 is 10.6 Å². The number of benzene rings is 8. The second-order valence-electron chi connectivity index (χ2n) is 13.1. The zero-order chi connectivity index (χ0) is 36.5. The summed E-state index contributed by atoms with van der Waals surface area (Å²) in [6.07, 6.45) is 0. The van der Waals surface area contributed by atoms with E-state index in [0.717, 1.165) is 21.2 Å². The maximum Gasteiger partial charge on any atom is 0.114 e. The number of hydrogen-bond acceptors (Lipinski definition) is 4. The fourth-order valence-corrected chi connectivity index (χ4v) is 9.62. The minimum absolute atomic E-state index is 0.634. The molecule has 0 radical (unpaired) electrons. The van der Waals surface area contributed by atoms with Crippen LogP contribution in [-0.2, 0) is 11.1 Å². The van der Waals surface area contributed by atoms with Crippen LogP contribution in [0.5, 0.6) is 0 Å². The first-order valence-corrected chi connectivity index (χ1v) is 20.3. The van der Waals surface area contributed by atoms with Crippen molar-refractivity contribution in [3.05, 3.63) is 264 Å². The van der Waals surface area contributed by atoms with Crippen molar-refractivity contribution >= 4 is 33.0 Å². The second kappa shape index (κ2) is 16.4. The molecule has 8 aromatic carbocycles. The van der Waals surface area contributed by atoms with E-state index in [1.54, 1.807) is 21.6 Å². The Bertz CT molecular complexity index is 2010. The highest BCUT2D eigenvalue weighted by Gasteiger charge is 2.38. The van der Waals surface area contributed by atoms with E-state index in [0.29, 0.717) is 0 Å². The largest absolute Gasteiger partial charge is 0.367 e. The van der Waals surface area contributed by atoms with Gasteiger partial charge in [0.05, 0.1) is 0 Å². The van der Waals surface area contributed by atoms with E-state index in [9.17, 15) is 0 Å². The van der Waals surface area contributed by atoms with Crippen LogP contribution < -0.4 is 10.6 Å². The Morgan fingerprint density at radius 2 is 0.444 bits per heavy atom. The average molecular weight is 733 g/mol. The molecule has 0 unspecified atom stereocenters. The molecule has 54 heavy (non-hydrogen) atoms. The monoisotopic (exact) mass is 732 g/mol. The molecule has 0 atom stereocenters. The van der Waals surface area contributed by atoms with Crippen LogP contribution in [0.4, 0.5) is 11.4 Å². The lowest BCUT2D eigenvalue weighted by molar-refractivity contribution is 0.709. The molecule has 0 fully saturated rings. The van der Waals surface area contributed by atoms with E-state index >= 15 is 0 Å². The molecule has 0 spiro atoms. The van der Waals surface area contributed by atoms with E-state index in [-0.39, 0.29) is 0 Å². The lowest BCUT2D eigenvalue weighted by Gasteiger charge is -2.38. The summed E-state index contributed by atoms with van der Waals surface area (Å²) in [6.45, 7) is 0. The molecule has 4 heteroatoms. The van der Waals surface area contributed by atoms with Crippen LogP contribution >= 0.6 is 21.6 Å². The summed E-state index contributed by atoms with van der Waals surface area (Å²) in [6, 6.07) is 81.9. The van der Waals surface area contributed by atoms with Crippen LogP contribution in [0.2, 0.25) is 0 Å². The van der Waals surface area contributed by atoms with Gasteiger partial charge in [-0.25, -0.2) is 0 Å². The molecule has 0 aliphatic carbocycles. The van der Waals surface area contributed by atoms with E-state index in [4.69, 9.17) is 0 Å². The average Bonchev–Trinajstić information content (AvgIpc) is 3.26. The van der Waals surface area contributed by atoms with Crippen LogP contribution in [0.15, 0.2) is 240 Å². The highest BCUT2D eigenvalue weighted by molar-refractivity contribution is 8.76. The highest BCUT2D eigenvalue weighted by atomic mass is 33.1. The number of para-hydroxylation sites is 2. The van der Waals surface area contributed by atoms with Gasteiger partial charge in [-0.05, 0) is 57.6 Å². The fraction of sp³-hybridized carbons (Fsp3) is 0.0400. The highest BCUT2D eigenvalue weighted by Crippen LogP contribution is 2.48. The fourth-order valence-electron chi connectivity index (χ4n) is 7.34. The number of anilines is 2. The van der Waals surface area contributed by atoms with Gasteiger partial charge in [0.15, 0.2) is 0 Å². The van der Waals surface area contributed by atoms with Crippen molar-refractivity contribution in [3.63, 3.8) is 0 Å². The molecule has 2 N–H and O–H groups in total. The van der Waals surface area contributed by atoms with Crippen LogP contribution in [0.3, 0.4) is 0 Å². The van der Waals surface area contributed by atoms with Gasteiger partial charge in [0.25, 0.3) is 0 Å². The Labute approximate surface area is 326 Å². The molecule has 2 nitrogen and oxygen atoms in total. The summed E-state index contributed by atoms with van der Waals surface area (Å²) in [5.74, 6) is 0. The second-order valence-corrected chi connectivity index (χ2v) is 15.3. The standard InChI is InChI=1S/C50H40N2S2/c1-7-23-39(24-8-1)49(40-25-9-2-10-26-40,41-27-11-3-12-28-41)51-45-35-19-21-37-47(45)53-54-48-38-22-20-36-46(48)52-50(42-29-13-4-14-30-42,43-31-15-5-16-32-43)44-33-17-6-18-34-44/h1-38,51-52H. The van der Waals surface area contributed by atoms with Crippen molar-refractivity contribution in [2.24, 2.45) is 0 Å². The van der Waals surface area contributed by atoms with Gasteiger partial charge in [-0.3, -0.25) is 0 Å². The summed E-state index contributed by atoms with van der Waals surface area (Å²) in [5, 5.41) is 8.23. The Kier molecular flexibility index (Phi) is 10.7. The summed E-state index contributed by atoms with van der Waals surface area (Å²) < 4.78 is 0. The molecule has 0 saturated carbocycles. The predicted octanol–water partition coefficient (Wildman–Crippen LogP) is 13.3.